The zero-order valence-corrected chi connectivity index (χ0v) is 21.2. The second kappa shape index (κ2) is 11.5. The highest BCUT2D eigenvalue weighted by atomic mass is 127. The van der Waals surface area contributed by atoms with Crippen LogP contribution in [0.15, 0.2) is 34.2 Å². The second-order valence-electron chi connectivity index (χ2n) is 7.71. The molecule has 1 saturated heterocycles. The van der Waals surface area contributed by atoms with E-state index in [0.29, 0.717) is 18.0 Å². The zero-order chi connectivity index (χ0) is 20.8. The molecule has 1 aliphatic rings. The van der Waals surface area contributed by atoms with Gasteiger partial charge >= 0.3 is 0 Å². The van der Waals surface area contributed by atoms with Crippen LogP contribution in [-0.4, -0.2) is 57.1 Å². The molecule has 1 aromatic rings. The van der Waals surface area contributed by atoms with Gasteiger partial charge in [0, 0.05) is 32.8 Å². The second-order valence-corrected chi connectivity index (χ2v) is 9.71. The van der Waals surface area contributed by atoms with Crippen LogP contribution in [0.4, 0.5) is 0 Å². The largest absolute Gasteiger partial charge is 0.373 e. The van der Waals surface area contributed by atoms with Gasteiger partial charge in [-0.05, 0) is 58.2 Å². The summed E-state index contributed by atoms with van der Waals surface area (Å²) in [5.74, 6) is 0.732. The number of nitrogens with one attached hydrogen (secondary N) is 2. The van der Waals surface area contributed by atoms with Crippen molar-refractivity contribution < 1.29 is 13.2 Å². The Labute approximate surface area is 192 Å². The van der Waals surface area contributed by atoms with E-state index >= 15 is 0 Å². The smallest absolute Gasteiger partial charge is 0.243 e. The first-order valence-corrected chi connectivity index (χ1v) is 11.3. The van der Waals surface area contributed by atoms with E-state index in [9.17, 15) is 8.42 Å². The molecule has 29 heavy (non-hydrogen) atoms. The molecule has 1 atom stereocenters. The molecule has 1 unspecified atom stereocenters. The van der Waals surface area contributed by atoms with Crippen molar-refractivity contribution in [1.82, 2.24) is 14.9 Å². The minimum atomic E-state index is -3.46. The normalized spacial score (nSPS) is 20.0. The average molecular weight is 538 g/mol. The third-order valence-electron chi connectivity index (χ3n) is 5.02. The fraction of sp³-hybridized carbons (Fsp3) is 0.650. The van der Waals surface area contributed by atoms with Crippen molar-refractivity contribution in [1.29, 1.82) is 0 Å². The molecule has 0 radical (unpaired) electrons. The van der Waals surface area contributed by atoms with Crippen molar-refractivity contribution in [2.45, 2.75) is 63.6 Å². The lowest BCUT2D eigenvalue weighted by atomic mass is 10.0. The number of hydrogen-bond donors (Lipinski definition) is 2. The van der Waals surface area contributed by atoms with E-state index in [1.807, 2.05) is 32.9 Å². The third kappa shape index (κ3) is 7.37. The predicted molar refractivity (Wildman–Crippen MR) is 128 cm³/mol. The molecule has 166 valence electrons. The number of benzene rings is 1. The lowest BCUT2D eigenvalue weighted by Crippen LogP contribution is -2.45. The topological polar surface area (TPSA) is 83.0 Å². The minimum absolute atomic E-state index is 0. The molecule has 2 N–H and O–H groups in total. The van der Waals surface area contributed by atoms with Gasteiger partial charge in [-0.15, -0.1) is 24.0 Å². The summed E-state index contributed by atoms with van der Waals surface area (Å²) < 4.78 is 32.3. The highest BCUT2D eigenvalue weighted by Gasteiger charge is 2.29. The molecule has 0 saturated carbocycles. The van der Waals surface area contributed by atoms with Crippen LogP contribution < -0.4 is 10.6 Å². The predicted octanol–water partition coefficient (Wildman–Crippen LogP) is 2.96. The number of guanidine groups is 1. The molecule has 1 fully saturated rings. The van der Waals surface area contributed by atoms with Crippen molar-refractivity contribution in [2.75, 3.05) is 26.7 Å². The Hall–Kier alpha value is -0.910. The molecule has 0 aliphatic carbocycles. The van der Waals surface area contributed by atoms with Crippen LogP contribution in [0.25, 0.3) is 0 Å². The van der Waals surface area contributed by atoms with Crippen molar-refractivity contribution in [3.8, 4) is 0 Å². The number of ether oxygens (including phenoxy) is 1. The number of aliphatic imine (C=N–C) groups is 1. The summed E-state index contributed by atoms with van der Waals surface area (Å²) in [6, 6.07) is 6.83. The fourth-order valence-electron chi connectivity index (χ4n) is 2.97. The lowest BCUT2D eigenvalue weighted by Gasteiger charge is -2.24. The van der Waals surface area contributed by atoms with Crippen LogP contribution >= 0.6 is 24.0 Å². The summed E-state index contributed by atoms with van der Waals surface area (Å²) in [6.07, 6.45) is 2.13. The maximum atomic E-state index is 12.5. The molecule has 0 amide bonds. The van der Waals surface area contributed by atoms with E-state index in [4.69, 9.17) is 4.74 Å². The maximum absolute atomic E-state index is 12.5. The molecule has 1 aromatic carbocycles. The Bertz CT molecular complexity index is 760. The third-order valence-corrected chi connectivity index (χ3v) is 7.07. The standard InChI is InChI=1S/C20H34N4O3S.HI/c1-6-21-19(23-15-20(4)12-7-13-27-20)22-14-17-8-10-18(11-9-17)28(25,26)24(5)16(2)3;/h8-11,16H,6-7,12-15H2,1-5H3,(H2,21,22,23);1H. The molecule has 7 nitrogen and oxygen atoms in total. The molecule has 0 bridgehead atoms. The van der Waals surface area contributed by atoms with Gasteiger partial charge in [-0.2, -0.15) is 4.31 Å². The molecule has 2 rings (SSSR count). The highest BCUT2D eigenvalue weighted by molar-refractivity contribution is 14.0. The maximum Gasteiger partial charge on any atom is 0.243 e. The summed E-state index contributed by atoms with van der Waals surface area (Å²) in [5.41, 5.74) is 0.806. The van der Waals surface area contributed by atoms with Crippen molar-refractivity contribution in [3.05, 3.63) is 29.8 Å². The summed E-state index contributed by atoms with van der Waals surface area (Å²) in [7, 11) is -1.86. The summed E-state index contributed by atoms with van der Waals surface area (Å²) in [6.45, 7) is 10.6. The Kier molecular flexibility index (Phi) is 10.3. The Balaban J connectivity index is 0.00000420. The van der Waals surface area contributed by atoms with Gasteiger partial charge < -0.3 is 15.4 Å². The number of rotatable bonds is 8. The van der Waals surface area contributed by atoms with Gasteiger partial charge in [0.1, 0.15) is 0 Å². The molecular weight excluding hydrogens is 503 g/mol. The van der Waals surface area contributed by atoms with Gasteiger partial charge in [-0.25, -0.2) is 13.4 Å². The first-order chi connectivity index (χ1) is 13.2. The summed E-state index contributed by atoms with van der Waals surface area (Å²) >= 11 is 0. The average Bonchev–Trinajstić information content (AvgIpc) is 3.10. The van der Waals surface area contributed by atoms with Crippen LogP contribution in [0.2, 0.25) is 0 Å². The highest BCUT2D eigenvalue weighted by Crippen LogP contribution is 2.23. The molecule has 1 aliphatic heterocycles. The first kappa shape index (κ1) is 26.1. The van der Waals surface area contributed by atoms with Gasteiger partial charge in [-0.1, -0.05) is 12.1 Å². The van der Waals surface area contributed by atoms with E-state index < -0.39 is 10.0 Å². The van der Waals surface area contributed by atoms with Gasteiger partial charge in [0.15, 0.2) is 5.96 Å². The van der Waals surface area contributed by atoms with Gasteiger partial charge in [-0.3, -0.25) is 0 Å². The van der Waals surface area contributed by atoms with Crippen molar-refractivity contribution in [2.24, 2.45) is 4.99 Å². The number of halogens is 1. The zero-order valence-electron chi connectivity index (χ0n) is 18.1. The first-order valence-electron chi connectivity index (χ1n) is 9.91. The number of sulfonamides is 1. The number of hydrogen-bond acceptors (Lipinski definition) is 4. The number of nitrogens with zero attached hydrogens (tertiary/aromatic N) is 2. The van der Waals surface area contributed by atoms with Crippen LogP contribution in [-0.2, 0) is 21.3 Å². The van der Waals surface area contributed by atoms with Gasteiger partial charge in [0.2, 0.25) is 10.0 Å². The molecule has 0 spiro atoms. The SMILES string of the molecule is CCNC(=NCc1ccc(S(=O)(=O)N(C)C(C)C)cc1)NCC1(C)CCCO1.I. The van der Waals surface area contributed by atoms with Crippen molar-refractivity contribution in [3.63, 3.8) is 0 Å². The Morgan fingerprint density at radius 1 is 1.28 bits per heavy atom. The Morgan fingerprint density at radius 2 is 1.93 bits per heavy atom. The van der Waals surface area contributed by atoms with Crippen LogP contribution in [0.3, 0.4) is 0 Å². The quantitative estimate of drug-likeness (QED) is 0.302. The van der Waals surface area contributed by atoms with Gasteiger partial charge in [0.05, 0.1) is 17.0 Å². The molecule has 9 heteroatoms. The molecule has 1 heterocycles. The Morgan fingerprint density at radius 3 is 2.45 bits per heavy atom. The fourth-order valence-corrected chi connectivity index (χ4v) is 4.34. The monoisotopic (exact) mass is 538 g/mol. The van der Waals surface area contributed by atoms with E-state index in [1.54, 1.807) is 19.2 Å². The van der Waals surface area contributed by atoms with E-state index in [0.717, 1.165) is 37.5 Å². The van der Waals surface area contributed by atoms with Crippen LogP contribution in [0, 0.1) is 0 Å². The van der Waals surface area contributed by atoms with E-state index in [1.165, 1.54) is 4.31 Å². The lowest BCUT2D eigenvalue weighted by molar-refractivity contribution is 0.0243. The molecular formula is C20H35IN4O3S. The van der Waals surface area contributed by atoms with Gasteiger partial charge in [0.25, 0.3) is 0 Å². The summed E-state index contributed by atoms with van der Waals surface area (Å²) in [5, 5.41) is 6.59. The van der Waals surface area contributed by atoms with E-state index in [2.05, 4.69) is 22.5 Å². The van der Waals surface area contributed by atoms with E-state index in [-0.39, 0.29) is 35.6 Å². The minimum Gasteiger partial charge on any atom is -0.373 e. The molecule has 0 aromatic heterocycles. The van der Waals surface area contributed by atoms with Crippen LogP contribution in [0.5, 0.6) is 0 Å². The van der Waals surface area contributed by atoms with Crippen molar-refractivity contribution >= 4 is 40.0 Å². The summed E-state index contributed by atoms with van der Waals surface area (Å²) in [4.78, 5) is 4.91. The van der Waals surface area contributed by atoms with Crippen LogP contribution in [0.1, 0.15) is 46.1 Å².